The first-order valence-corrected chi connectivity index (χ1v) is 6.19. The molecule has 1 saturated heterocycles. The quantitative estimate of drug-likeness (QED) is 0.763. The van der Waals surface area contributed by atoms with Gasteiger partial charge in [0.15, 0.2) is 5.82 Å². The second-order valence-electron chi connectivity index (χ2n) is 4.28. The molecule has 1 aromatic carbocycles. The van der Waals surface area contributed by atoms with Crippen molar-refractivity contribution in [3.8, 4) is 11.3 Å². The SMILES string of the molecule is O=Cn1nnc(-c2ccccc2)c1N1CCOCC1. The maximum absolute atomic E-state index is 11.1. The number of anilines is 1. The number of carbonyl (C=O) groups excluding carboxylic acids is 1. The minimum Gasteiger partial charge on any atom is -0.378 e. The number of aromatic nitrogens is 3. The first-order valence-electron chi connectivity index (χ1n) is 6.19. The summed E-state index contributed by atoms with van der Waals surface area (Å²) in [5.74, 6) is 0.740. The van der Waals surface area contributed by atoms with Gasteiger partial charge in [0.1, 0.15) is 5.69 Å². The lowest BCUT2D eigenvalue weighted by atomic mass is 10.1. The van der Waals surface area contributed by atoms with Gasteiger partial charge in [-0.05, 0) is 0 Å². The van der Waals surface area contributed by atoms with Crippen LogP contribution in [0.15, 0.2) is 30.3 Å². The van der Waals surface area contributed by atoms with Crippen LogP contribution in [0.5, 0.6) is 0 Å². The van der Waals surface area contributed by atoms with Crippen LogP contribution in [0.3, 0.4) is 0 Å². The third-order valence-electron chi connectivity index (χ3n) is 3.13. The summed E-state index contributed by atoms with van der Waals surface area (Å²) in [5.41, 5.74) is 1.69. The third kappa shape index (κ3) is 2.22. The van der Waals surface area contributed by atoms with E-state index < -0.39 is 0 Å². The monoisotopic (exact) mass is 258 g/mol. The second kappa shape index (κ2) is 5.19. The molecule has 0 spiro atoms. The largest absolute Gasteiger partial charge is 0.378 e. The van der Waals surface area contributed by atoms with E-state index in [1.807, 2.05) is 30.3 Å². The number of benzene rings is 1. The van der Waals surface area contributed by atoms with E-state index in [0.717, 1.165) is 30.2 Å². The molecule has 0 bridgehead atoms. The van der Waals surface area contributed by atoms with Crippen LogP contribution in [0.25, 0.3) is 11.3 Å². The van der Waals surface area contributed by atoms with Crippen LogP contribution in [0.2, 0.25) is 0 Å². The van der Waals surface area contributed by atoms with E-state index in [1.54, 1.807) is 0 Å². The lowest BCUT2D eigenvalue weighted by Crippen LogP contribution is -2.37. The van der Waals surface area contributed by atoms with Gasteiger partial charge in [-0.1, -0.05) is 35.5 Å². The van der Waals surface area contributed by atoms with Gasteiger partial charge in [-0.2, -0.15) is 4.68 Å². The van der Waals surface area contributed by atoms with Crippen molar-refractivity contribution in [2.75, 3.05) is 31.2 Å². The molecule has 0 aliphatic carbocycles. The predicted octanol–water partition coefficient (Wildman–Crippen LogP) is 0.820. The van der Waals surface area contributed by atoms with Gasteiger partial charge < -0.3 is 9.64 Å². The van der Waals surface area contributed by atoms with E-state index in [2.05, 4.69) is 15.2 Å². The Bertz CT molecular complexity index is 561. The van der Waals surface area contributed by atoms with E-state index >= 15 is 0 Å². The summed E-state index contributed by atoms with van der Waals surface area (Å²) >= 11 is 0. The van der Waals surface area contributed by atoms with Gasteiger partial charge in [0, 0.05) is 18.7 Å². The first kappa shape index (κ1) is 11.9. The van der Waals surface area contributed by atoms with Gasteiger partial charge in [-0.3, -0.25) is 4.79 Å². The molecule has 2 aromatic rings. The zero-order chi connectivity index (χ0) is 13.1. The highest BCUT2D eigenvalue weighted by Gasteiger charge is 2.22. The summed E-state index contributed by atoms with van der Waals surface area (Å²) < 4.78 is 6.62. The minimum atomic E-state index is 0.651. The lowest BCUT2D eigenvalue weighted by Gasteiger charge is -2.28. The summed E-state index contributed by atoms with van der Waals surface area (Å²) in [4.78, 5) is 13.2. The van der Waals surface area contributed by atoms with Crippen molar-refractivity contribution < 1.29 is 9.53 Å². The van der Waals surface area contributed by atoms with Gasteiger partial charge >= 0.3 is 0 Å². The Morgan fingerprint density at radius 1 is 1.16 bits per heavy atom. The number of nitrogens with zero attached hydrogens (tertiary/aromatic N) is 4. The highest BCUT2D eigenvalue weighted by Crippen LogP contribution is 2.28. The van der Waals surface area contributed by atoms with E-state index in [1.165, 1.54) is 4.68 Å². The fraction of sp³-hybridized carbons (Fsp3) is 0.308. The third-order valence-corrected chi connectivity index (χ3v) is 3.13. The molecule has 1 aliphatic rings. The Hall–Kier alpha value is -2.21. The molecule has 3 rings (SSSR count). The molecule has 2 heterocycles. The van der Waals surface area contributed by atoms with Crippen LogP contribution >= 0.6 is 0 Å². The molecule has 0 radical (unpaired) electrons. The van der Waals surface area contributed by atoms with Gasteiger partial charge in [-0.15, -0.1) is 5.10 Å². The maximum Gasteiger partial charge on any atom is 0.237 e. The zero-order valence-corrected chi connectivity index (χ0v) is 10.4. The number of rotatable bonds is 3. The molecule has 0 amide bonds. The van der Waals surface area contributed by atoms with Crippen molar-refractivity contribution in [3.63, 3.8) is 0 Å². The Labute approximate surface area is 110 Å². The normalized spacial score (nSPS) is 15.5. The molecule has 0 unspecified atom stereocenters. The molecule has 0 N–H and O–H groups in total. The Morgan fingerprint density at radius 2 is 1.89 bits per heavy atom. The molecule has 6 nitrogen and oxygen atoms in total. The lowest BCUT2D eigenvalue weighted by molar-refractivity contribution is 0.122. The van der Waals surface area contributed by atoms with Gasteiger partial charge in [0.25, 0.3) is 0 Å². The molecule has 1 aromatic heterocycles. The van der Waals surface area contributed by atoms with Crippen molar-refractivity contribution in [2.24, 2.45) is 0 Å². The van der Waals surface area contributed by atoms with Gasteiger partial charge in [0.05, 0.1) is 13.2 Å². The highest BCUT2D eigenvalue weighted by molar-refractivity contribution is 5.76. The number of carbonyl (C=O) groups is 1. The Morgan fingerprint density at radius 3 is 2.58 bits per heavy atom. The Balaban J connectivity index is 2.05. The van der Waals surface area contributed by atoms with Crippen LogP contribution in [0.4, 0.5) is 5.82 Å². The molecule has 0 saturated carbocycles. The van der Waals surface area contributed by atoms with Crippen molar-refractivity contribution >= 4 is 12.2 Å². The average Bonchev–Trinajstić information content (AvgIpc) is 2.93. The van der Waals surface area contributed by atoms with E-state index in [9.17, 15) is 4.79 Å². The molecular weight excluding hydrogens is 244 g/mol. The Kier molecular flexibility index (Phi) is 3.24. The fourth-order valence-electron chi connectivity index (χ4n) is 2.21. The topological polar surface area (TPSA) is 60.2 Å². The minimum absolute atomic E-state index is 0.651. The van der Waals surface area contributed by atoms with Crippen LogP contribution in [-0.2, 0) is 9.53 Å². The van der Waals surface area contributed by atoms with E-state index in [4.69, 9.17) is 4.74 Å². The summed E-state index contributed by atoms with van der Waals surface area (Å²) in [7, 11) is 0. The van der Waals surface area contributed by atoms with Crippen LogP contribution < -0.4 is 4.90 Å². The standard InChI is InChI=1S/C13H14N4O2/c18-10-17-13(16-6-8-19-9-7-16)12(14-15-17)11-4-2-1-3-5-11/h1-5,10H,6-9H2. The molecule has 1 fully saturated rings. The molecule has 19 heavy (non-hydrogen) atoms. The summed E-state index contributed by atoms with van der Waals surface area (Å²) in [6, 6.07) is 9.75. The first-order chi connectivity index (χ1) is 9.40. The predicted molar refractivity (Wildman–Crippen MR) is 70.6 cm³/mol. The van der Waals surface area contributed by atoms with Crippen molar-refractivity contribution in [1.82, 2.24) is 15.0 Å². The fourth-order valence-corrected chi connectivity index (χ4v) is 2.21. The summed E-state index contributed by atoms with van der Waals surface area (Å²) in [6.07, 6.45) is 0.685. The zero-order valence-electron chi connectivity index (χ0n) is 10.4. The van der Waals surface area contributed by atoms with Crippen molar-refractivity contribution in [3.05, 3.63) is 30.3 Å². The van der Waals surface area contributed by atoms with Crippen molar-refractivity contribution in [2.45, 2.75) is 0 Å². The molecule has 1 aliphatic heterocycles. The number of hydrogen-bond acceptors (Lipinski definition) is 5. The number of hydrogen-bond donors (Lipinski definition) is 0. The highest BCUT2D eigenvalue weighted by atomic mass is 16.5. The van der Waals surface area contributed by atoms with Crippen LogP contribution in [0, 0.1) is 0 Å². The van der Waals surface area contributed by atoms with Crippen molar-refractivity contribution in [1.29, 1.82) is 0 Å². The summed E-state index contributed by atoms with van der Waals surface area (Å²) in [6.45, 7) is 2.78. The van der Waals surface area contributed by atoms with Gasteiger partial charge in [-0.25, -0.2) is 0 Å². The number of ether oxygens (including phenoxy) is 1. The maximum atomic E-state index is 11.1. The molecule has 6 heteroatoms. The molecular formula is C13H14N4O2. The molecule has 98 valence electrons. The summed E-state index contributed by atoms with van der Waals surface area (Å²) in [5, 5.41) is 8.03. The average molecular weight is 258 g/mol. The smallest absolute Gasteiger partial charge is 0.237 e. The van der Waals surface area contributed by atoms with E-state index in [0.29, 0.717) is 19.6 Å². The molecule has 0 atom stereocenters. The number of morpholine rings is 1. The van der Waals surface area contributed by atoms with E-state index in [-0.39, 0.29) is 0 Å². The second-order valence-corrected chi connectivity index (χ2v) is 4.28. The van der Waals surface area contributed by atoms with Crippen LogP contribution in [-0.4, -0.2) is 47.7 Å². The van der Waals surface area contributed by atoms with Crippen LogP contribution in [0.1, 0.15) is 0 Å². The van der Waals surface area contributed by atoms with Gasteiger partial charge in [0.2, 0.25) is 6.41 Å².